The van der Waals surface area contributed by atoms with Crippen LogP contribution in [0.3, 0.4) is 0 Å². The van der Waals surface area contributed by atoms with Crippen molar-refractivity contribution in [2.24, 2.45) is 4.99 Å². The van der Waals surface area contributed by atoms with Crippen LogP contribution in [-0.2, 0) is 0 Å². The number of nitriles is 1. The summed E-state index contributed by atoms with van der Waals surface area (Å²) in [5.74, 6) is 0.831. The van der Waals surface area contributed by atoms with Gasteiger partial charge in [-0.2, -0.15) is 5.26 Å². The monoisotopic (exact) mass is 341 g/mol. The van der Waals surface area contributed by atoms with Crippen LogP contribution >= 0.6 is 11.8 Å². The second-order valence-electron chi connectivity index (χ2n) is 4.41. The van der Waals surface area contributed by atoms with E-state index in [0.29, 0.717) is 22.4 Å². The molecule has 2 rings (SSSR count). The molecule has 0 saturated heterocycles. The highest BCUT2D eigenvalue weighted by atomic mass is 32.2. The second kappa shape index (κ2) is 8.55. The summed E-state index contributed by atoms with van der Waals surface area (Å²) in [5, 5.41) is 14.1. The number of rotatable bonds is 4. The van der Waals surface area contributed by atoms with Crippen molar-refractivity contribution < 1.29 is 9.53 Å². The van der Waals surface area contributed by atoms with Crippen molar-refractivity contribution >= 4 is 28.5 Å². The SMILES string of the molecule is CNC(=O)c1cc(Oc2ccc(N=C(NC#N)SC)cc2)ccn1. The number of aromatic nitrogens is 1. The first-order valence-electron chi connectivity index (χ1n) is 6.90. The zero-order valence-corrected chi connectivity index (χ0v) is 13.9. The smallest absolute Gasteiger partial charge is 0.269 e. The van der Waals surface area contributed by atoms with E-state index in [1.807, 2.05) is 12.4 Å². The standard InChI is InChI=1S/C16H15N5O2S/c1-18-15(22)14-9-13(7-8-19-14)23-12-5-3-11(4-6-12)21-16(24-2)20-10-17/h3-9H,1-2H3,(H,18,22)(H,20,21). The van der Waals surface area contributed by atoms with Crippen molar-refractivity contribution in [3.63, 3.8) is 0 Å². The van der Waals surface area contributed by atoms with E-state index in [1.165, 1.54) is 18.0 Å². The summed E-state index contributed by atoms with van der Waals surface area (Å²) in [7, 11) is 1.54. The molecule has 0 radical (unpaired) electrons. The molecule has 1 amide bonds. The number of nitrogens with zero attached hydrogens (tertiary/aromatic N) is 3. The largest absolute Gasteiger partial charge is 0.457 e. The Bertz CT molecular complexity index is 784. The van der Waals surface area contributed by atoms with Gasteiger partial charge in [0.2, 0.25) is 0 Å². The van der Waals surface area contributed by atoms with Crippen molar-refractivity contribution in [1.82, 2.24) is 15.6 Å². The summed E-state index contributed by atoms with van der Waals surface area (Å²) in [5.41, 5.74) is 0.971. The Kier molecular flexibility index (Phi) is 6.16. The first-order chi connectivity index (χ1) is 11.7. The minimum atomic E-state index is -0.278. The maximum atomic E-state index is 11.6. The van der Waals surface area contributed by atoms with Gasteiger partial charge >= 0.3 is 0 Å². The molecule has 0 aliphatic carbocycles. The predicted octanol–water partition coefficient (Wildman–Crippen LogP) is 2.65. The number of pyridine rings is 1. The Morgan fingerprint density at radius 3 is 2.67 bits per heavy atom. The molecule has 122 valence electrons. The predicted molar refractivity (Wildman–Crippen MR) is 93.5 cm³/mol. The van der Waals surface area contributed by atoms with Gasteiger partial charge in [0.05, 0.1) is 5.69 Å². The summed E-state index contributed by atoms with van der Waals surface area (Å²) in [6.07, 6.45) is 5.18. The van der Waals surface area contributed by atoms with E-state index in [0.717, 1.165) is 0 Å². The van der Waals surface area contributed by atoms with Gasteiger partial charge in [0.25, 0.3) is 5.91 Å². The third-order valence-corrected chi connectivity index (χ3v) is 3.43. The maximum absolute atomic E-state index is 11.6. The molecule has 1 aromatic carbocycles. The Morgan fingerprint density at radius 1 is 1.29 bits per heavy atom. The van der Waals surface area contributed by atoms with Gasteiger partial charge in [0.15, 0.2) is 11.4 Å². The van der Waals surface area contributed by atoms with Crippen LogP contribution in [0.5, 0.6) is 11.5 Å². The van der Waals surface area contributed by atoms with Crippen LogP contribution in [0.1, 0.15) is 10.5 Å². The van der Waals surface area contributed by atoms with Crippen molar-refractivity contribution in [2.75, 3.05) is 13.3 Å². The van der Waals surface area contributed by atoms with Crippen LogP contribution in [0.25, 0.3) is 0 Å². The molecule has 0 bridgehead atoms. The van der Waals surface area contributed by atoms with Gasteiger partial charge in [-0.05, 0) is 36.6 Å². The fraction of sp³-hybridized carbons (Fsp3) is 0.125. The number of amidine groups is 1. The number of hydrogen-bond acceptors (Lipinski definition) is 6. The lowest BCUT2D eigenvalue weighted by Gasteiger charge is -2.07. The number of benzene rings is 1. The van der Waals surface area contributed by atoms with Gasteiger partial charge in [-0.15, -0.1) is 0 Å². The number of aliphatic imine (C=N–C) groups is 1. The summed E-state index contributed by atoms with van der Waals surface area (Å²) in [6.45, 7) is 0. The lowest BCUT2D eigenvalue weighted by molar-refractivity contribution is 0.0958. The lowest BCUT2D eigenvalue weighted by atomic mass is 10.3. The number of amides is 1. The average molecular weight is 341 g/mol. The van der Waals surface area contributed by atoms with Gasteiger partial charge < -0.3 is 10.1 Å². The fourth-order valence-electron chi connectivity index (χ4n) is 1.74. The Hall–Kier alpha value is -3.05. The van der Waals surface area contributed by atoms with Gasteiger partial charge in [-0.25, -0.2) is 4.99 Å². The van der Waals surface area contributed by atoms with E-state index in [4.69, 9.17) is 10.00 Å². The molecule has 0 unspecified atom stereocenters. The van der Waals surface area contributed by atoms with Crippen LogP contribution in [0.2, 0.25) is 0 Å². The number of carbonyl (C=O) groups excluding carboxylic acids is 1. The van der Waals surface area contributed by atoms with Gasteiger partial charge in [0.1, 0.15) is 17.2 Å². The van der Waals surface area contributed by atoms with E-state index in [2.05, 4.69) is 20.6 Å². The quantitative estimate of drug-likeness (QED) is 0.384. The molecule has 0 fully saturated rings. The molecule has 7 nitrogen and oxygen atoms in total. The number of carbonyl (C=O) groups is 1. The minimum Gasteiger partial charge on any atom is -0.457 e. The molecule has 8 heteroatoms. The number of hydrogen-bond donors (Lipinski definition) is 2. The molecule has 1 heterocycles. The molecule has 24 heavy (non-hydrogen) atoms. The average Bonchev–Trinajstić information content (AvgIpc) is 2.62. The summed E-state index contributed by atoms with van der Waals surface area (Å²) in [4.78, 5) is 19.8. The van der Waals surface area contributed by atoms with Crippen LogP contribution in [0.15, 0.2) is 47.6 Å². The second-order valence-corrected chi connectivity index (χ2v) is 5.20. The first-order valence-corrected chi connectivity index (χ1v) is 8.12. The third-order valence-electron chi connectivity index (χ3n) is 2.85. The molecular formula is C16H15N5O2S. The highest BCUT2D eigenvalue weighted by molar-refractivity contribution is 8.13. The third kappa shape index (κ3) is 4.72. The molecule has 2 aromatic rings. The van der Waals surface area contributed by atoms with Crippen LogP contribution < -0.4 is 15.4 Å². The van der Waals surface area contributed by atoms with Crippen LogP contribution in [0, 0.1) is 11.5 Å². The molecule has 0 atom stereocenters. The molecule has 0 aliphatic heterocycles. The molecule has 2 N–H and O–H groups in total. The number of thioether (sulfide) groups is 1. The van der Waals surface area contributed by atoms with Crippen molar-refractivity contribution in [2.45, 2.75) is 0 Å². The fourth-order valence-corrected chi connectivity index (χ4v) is 2.09. The summed E-state index contributed by atoms with van der Waals surface area (Å²) >= 11 is 1.34. The summed E-state index contributed by atoms with van der Waals surface area (Å²) < 4.78 is 5.71. The normalized spacial score (nSPS) is 10.6. The van der Waals surface area contributed by atoms with E-state index >= 15 is 0 Å². The molecular weight excluding hydrogens is 326 g/mol. The maximum Gasteiger partial charge on any atom is 0.269 e. The van der Waals surface area contributed by atoms with Crippen molar-refractivity contribution in [1.29, 1.82) is 5.26 Å². The topological polar surface area (TPSA) is 99.4 Å². The van der Waals surface area contributed by atoms with Crippen molar-refractivity contribution in [3.05, 3.63) is 48.3 Å². The highest BCUT2D eigenvalue weighted by Gasteiger charge is 2.06. The Labute approximate surface area is 143 Å². The Balaban J connectivity index is 2.12. The summed E-state index contributed by atoms with van der Waals surface area (Å²) in [6, 6.07) is 10.3. The van der Waals surface area contributed by atoms with E-state index in [1.54, 1.807) is 43.4 Å². The zero-order valence-electron chi connectivity index (χ0n) is 13.1. The van der Waals surface area contributed by atoms with Gasteiger partial charge in [-0.1, -0.05) is 11.8 Å². The molecule has 1 aromatic heterocycles. The van der Waals surface area contributed by atoms with E-state index in [-0.39, 0.29) is 11.6 Å². The van der Waals surface area contributed by atoms with Gasteiger partial charge in [0, 0.05) is 19.3 Å². The van der Waals surface area contributed by atoms with E-state index in [9.17, 15) is 4.79 Å². The number of nitrogens with one attached hydrogen (secondary N) is 2. The first kappa shape index (κ1) is 17.3. The Morgan fingerprint density at radius 2 is 2.04 bits per heavy atom. The van der Waals surface area contributed by atoms with E-state index < -0.39 is 0 Å². The molecule has 0 saturated carbocycles. The van der Waals surface area contributed by atoms with Crippen LogP contribution in [-0.4, -0.2) is 29.4 Å². The lowest BCUT2D eigenvalue weighted by Crippen LogP contribution is -2.18. The minimum absolute atomic E-state index is 0.278. The van der Waals surface area contributed by atoms with Crippen LogP contribution in [0.4, 0.5) is 5.69 Å². The van der Waals surface area contributed by atoms with Gasteiger partial charge in [-0.3, -0.25) is 15.1 Å². The van der Waals surface area contributed by atoms with Crippen molar-refractivity contribution in [3.8, 4) is 17.7 Å². The zero-order chi connectivity index (χ0) is 17.4. The number of ether oxygens (including phenoxy) is 1. The highest BCUT2D eigenvalue weighted by Crippen LogP contribution is 2.24. The molecule has 0 spiro atoms. The molecule has 0 aliphatic rings.